The van der Waals surface area contributed by atoms with E-state index in [0.29, 0.717) is 0 Å². The van der Waals surface area contributed by atoms with Gasteiger partial charge in [0.15, 0.2) is 0 Å². The van der Waals surface area contributed by atoms with Gasteiger partial charge in [-0.2, -0.15) is 4.31 Å². The van der Waals surface area contributed by atoms with Gasteiger partial charge in [0.25, 0.3) is 0 Å². The molecule has 6 heteroatoms. The van der Waals surface area contributed by atoms with E-state index in [0.717, 1.165) is 4.31 Å². The van der Waals surface area contributed by atoms with Crippen LogP contribution in [0, 0.1) is 0 Å². The van der Waals surface area contributed by atoms with E-state index in [1.165, 1.54) is 14.2 Å². The summed E-state index contributed by atoms with van der Waals surface area (Å²) in [7, 11) is -0.386. The first-order valence-electron chi connectivity index (χ1n) is 4.01. The largest absolute Gasteiger partial charge is 0.395 e. The van der Waals surface area contributed by atoms with Crippen LogP contribution in [-0.2, 0) is 14.8 Å². The molecule has 0 aliphatic rings. The van der Waals surface area contributed by atoms with Crippen LogP contribution in [0.15, 0.2) is 0 Å². The molecule has 0 aromatic heterocycles. The molecule has 0 heterocycles. The van der Waals surface area contributed by atoms with E-state index >= 15 is 0 Å². The zero-order chi connectivity index (χ0) is 10.5. The molecule has 1 atom stereocenters. The first-order chi connectivity index (χ1) is 5.95. The molecule has 0 aliphatic heterocycles. The van der Waals surface area contributed by atoms with Crippen molar-refractivity contribution in [2.75, 3.05) is 33.1 Å². The van der Waals surface area contributed by atoms with Crippen LogP contribution >= 0.6 is 0 Å². The number of rotatable bonds is 6. The number of aliphatic hydroxyl groups excluding tert-OH is 1. The second kappa shape index (κ2) is 5.54. The smallest absolute Gasteiger partial charge is 0.216 e. The minimum absolute atomic E-state index is 0.0513. The van der Waals surface area contributed by atoms with Crippen LogP contribution < -0.4 is 0 Å². The van der Waals surface area contributed by atoms with Gasteiger partial charge in [0.05, 0.1) is 19.0 Å². The lowest BCUT2D eigenvalue weighted by Gasteiger charge is -2.22. The molecule has 1 unspecified atom stereocenters. The van der Waals surface area contributed by atoms with Crippen LogP contribution in [0.25, 0.3) is 0 Å². The molecule has 0 saturated carbocycles. The van der Waals surface area contributed by atoms with E-state index in [2.05, 4.69) is 4.74 Å². The van der Waals surface area contributed by atoms with Gasteiger partial charge in [-0.15, -0.1) is 0 Å². The normalized spacial score (nSPS) is 14.8. The summed E-state index contributed by atoms with van der Waals surface area (Å²) < 4.78 is 28.7. The molecule has 80 valence electrons. The number of hydrogen-bond donors (Lipinski definition) is 1. The molecule has 13 heavy (non-hydrogen) atoms. The molecule has 0 fully saturated rings. The molecular weight excluding hydrogens is 194 g/mol. The van der Waals surface area contributed by atoms with Crippen LogP contribution in [0.3, 0.4) is 0 Å². The molecule has 0 amide bonds. The van der Waals surface area contributed by atoms with Gasteiger partial charge < -0.3 is 9.84 Å². The Morgan fingerprint density at radius 1 is 1.54 bits per heavy atom. The maximum Gasteiger partial charge on any atom is 0.216 e. The summed E-state index contributed by atoms with van der Waals surface area (Å²) in [4.78, 5) is 0. The molecule has 0 bridgehead atoms. The third-order valence-corrected chi connectivity index (χ3v) is 3.79. The summed E-state index contributed by atoms with van der Waals surface area (Å²) in [6, 6.07) is -0.387. The first kappa shape index (κ1) is 12.8. The Morgan fingerprint density at radius 3 is 2.46 bits per heavy atom. The van der Waals surface area contributed by atoms with Gasteiger partial charge in [0, 0.05) is 20.2 Å². The van der Waals surface area contributed by atoms with Crippen LogP contribution in [0.2, 0.25) is 0 Å². The zero-order valence-corrected chi connectivity index (χ0v) is 9.04. The van der Waals surface area contributed by atoms with Gasteiger partial charge in [0.1, 0.15) is 0 Å². The average molecular weight is 211 g/mol. The Balaban J connectivity index is 4.28. The molecule has 5 nitrogen and oxygen atoms in total. The van der Waals surface area contributed by atoms with Crippen LogP contribution in [0.1, 0.15) is 6.92 Å². The number of methoxy groups -OCH3 is 1. The number of ether oxygens (including phenoxy) is 1. The topological polar surface area (TPSA) is 66.8 Å². The quantitative estimate of drug-likeness (QED) is 0.629. The predicted octanol–water partition coefficient (Wildman–Crippen LogP) is -0.725. The van der Waals surface area contributed by atoms with E-state index in [1.807, 2.05) is 0 Å². The predicted molar refractivity (Wildman–Crippen MR) is 50.0 cm³/mol. The van der Waals surface area contributed by atoms with Gasteiger partial charge in [-0.3, -0.25) is 0 Å². The molecule has 0 aromatic rings. The number of aliphatic hydroxyl groups is 1. The molecule has 0 saturated heterocycles. The minimum atomic E-state index is -3.29. The van der Waals surface area contributed by atoms with Gasteiger partial charge in [0.2, 0.25) is 10.0 Å². The third-order valence-electron chi connectivity index (χ3n) is 1.87. The lowest BCUT2D eigenvalue weighted by Crippen LogP contribution is -2.39. The molecular formula is C7H17NO4S. The summed E-state index contributed by atoms with van der Waals surface area (Å²) in [5.41, 5.74) is 0. The summed E-state index contributed by atoms with van der Waals surface area (Å²) in [5.74, 6) is -0.0513. The maximum absolute atomic E-state index is 11.4. The van der Waals surface area contributed by atoms with E-state index in [-0.39, 0.29) is 25.0 Å². The second-order valence-corrected chi connectivity index (χ2v) is 5.00. The van der Waals surface area contributed by atoms with Crippen molar-refractivity contribution >= 4 is 10.0 Å². The fourth-order valence-corrected chi connectivity index (χ4v) is 2.00. The van der Waals surface area contributed by atoms with Crippen LogP contribution in [0.5, 0.6) is 0 Å². The molecule has 0 aliphatic carbocycles. The minimum Gasteiger partial charge on any atom is -0.395 e. The monoisotopic (exact) mass is 211 g/mol. The van der Waals surface area contributed by atoms with Crippen molar-refractivity contribution in [1.82, 2.24) is 4.31 Å². The highest BCUT2D eigenvalue weighted by Gasteiger charge is 2.21. The van der Waals surface area contributed by atoms with E-state index < -0.39 is 10.0 Å². The molecule has 0 spiro atoms. The SMILES string of the molecule is COCCS(=O)(=O)N(C)C(C)CO. The molecule has 0 rings (SSSR count). The van der Waals surface area contributed by atoms with Crippen molar-refractivity contribution < 1.29 is 18.3 Å². The van der Waals surface area contributed by atoms with Gasteiger partial charge >= 0.3 is 0 Å². The van der Waals surface area contributed by atoms with E-state index in [9.17, 15) is 8.42 Å². The summed E-state index contributed by atoms with van der Waals surface area (Å²) in [5, 5.41) is 8.76. The number of hydrogen-bond acceptors (Lipinski definition) is 4. The van der Waals surface area contributed by atoms with Gasteiger partial charge in [-0.1, -0.05) is 0 Å². The van der Waals surface area contributed by atoms with Gasteiger partial charge in [-0.05, 0) is 6.92 Å². The number of sulfonamides is 1. The molecule has 0 radical (unpaired) electrons. The van der Waals surface area contributed by atoms with Crippen molar-refractivity contribution in [3.63, 3.8) is 0 Å². The van der Waals surface area contributed by atoms with E-state index in [1.54, 1.807) is 6.92 Å². The van der Waals surface area contributed by atoms with Crippen LogP contribution in [-0.4, -0.2) is 57.0 Å². The third kappa shape index (κ3) is 4.04. The highest BCUT2D eigenvalue weighted by Crippen LogP contribution is 2.03. The summed E-state index contributed by atoms with van der Waals surface area (Å²) in [6.07, 6.45) is 0. The van der Waals surface area contributed by atoms with Crippen molar-refractivity contribution in [2.24, 2.45) is 0 Å². The highest BCUT2D eigenvalue weighted by atomic mass is 32.2. The van der Waals surface area contributed by atoms with Crippen molar-refractivity contribution in [1.29, 1.82) is 0 Å². The Hall–Kier alpha value is -0.170. The number of likely N-dealkylation sites (N-methyl/N-ethyl adjacent to an activating group) is 1. The Bertz CT molecular complexity index is 227. The fraction of sp³-hybridized carbons (Fsp3) is 1.00. The second-order valence-electron chi connectivity index (χ2n) is 2.86. The van der Waals surface area contributed by atoms with Crippen molar-refractivity contribution in [2.45, 2.75) is 13.0 Å². The van der Waals surface area contributed by atoms with Crippen molar-refractivity contribution in [3.8, 4) is 0 Å². The molecule has 0 aromatic carbocycles. The lowest BCUT2D eigenvalue weighted by molar-refractivity contribution is 0.204. The standard InChI is InChI=1S/C7H17NO4S/c1-7(6-9)8(2)13(10,11)5-4-12-3/h7,9H,4-6H2,1-3H3. The van der Waals surface area contributed by atoms with Crippen LogP contribution in [0.4, 0.5) is 0 Å². The highest BCUT2D eigenvalue weighted by molar-refractivity contribution is 7.89. The van der Waals surface area contributed by atoms with Gasteiger partial charge in [-0.25, -0.2) is 8.42 Å². The summed E-state index contributed by atoms with van der Waals surface area (Å²) >= 11 is 0. The Morgan fingerprint density at radius 2 is 2.08 bits per heavy atom. The molecule has 1 N–H and O–H groups in total. The fourth-order valence-electron chi connectivity index (χ4n) is 0.722. The number of nitrogens with zero attached hydrogens (tertiary/aromatic N) is 1. The maximum atomic E-state index is 11.4. The lowest BCUT2D eigenvalue weighted by atomic mass is 10.4. The Labute approximate surface area is 79.4 Å². The average Bonchev–Trinajstić information content (AvgIpc) is 2.12. The summed E-state index contributed by atoms with van der Waals surface area (Å²) in [6.45, 7) is 1.64. The zero-order valence-electron chi connectivity index (χ0n) is 8.23. The van der Waals surface area contributed by atoms with E-state index in [4.69, 9.17) is 5.11 Å². The van der Waals surface area contributed by atoms with Crippen molar-refractivity contribution in [3.05, 3.63) is 0 Å². The first-order valence-corrected chi connectivity index (χ1v) is 5.62. The Kier molecular flexibility index (Phi) is 5.46.